The third kappa shape index (κ3) is 1.94. The normalized spacial score (nSPS) is 12.2. The Morgan fingerprint density at radius 3 is 2.89 bits per heavy atom. The molecule has 0 N–H and O–H groups in total. The molecule has 0 aliphatic rings. The minimum absolute atomic E-state index is 0.613. The van der Waals surface area contributed by atoms with Gasteiger partial charge in [0, 0.05) is 21.4 Å². The van der Waals surface area contributed by atoms with Crippen molar-refractivity contribution < 1.29 is 4.42 Å². The zero-order valence-electron chi connectivity index (χ0n) is 10.5. The highest BCUT2D eigenvalue weighted by molar-refractivity contribution is 6.36. The Morgan fingerprint density at radius 2 is 2.11 bits per heavy atom. The van der Waals surface area contributed by atoms with E-state index in [1.165, 1.54) is 0 Å². The van der Waals surface area contributed by atoms with E-state index in [2.05, 4.69) is 11.6 Å². The van der Waals surface area contributed by atoms with Crippen molar-refractivity contribution in [2.24, 2.45) is 0 Å². The predicted molar refractivity (Wildman–Crippen MR) is 80.4 cm³/mol. The molecule has 19 heavy (non-hydrogen) atoms. The number of benzene rings is 2. The zero-order valence-corrected chi connectivity index (χ0v) is 11.2. The smallest absolute Gasteiger partial charge is 0.222 e. The van der Waals surface area contributed by atoms with E-state index in [1.807, 2.05) is 43.3 Å². The predicted octanol–water partition coefficient (Wildman–Crippen LogP) is 5.22. The van der Waals surface area contributed by atoms with Crippen LogP contribution in [0.25, 0.3) is 27.4 Å². The fourth-order valence-electron chi connectivity index (χ4n) is 2.13. The average molecular weight is 270 g/mol. The number of aromatic nitrogens is 1. The Balaban J connectivity index is 2.34. The molecule has 3 heteroatoms. The van der Waals surface area contributed by atoms with Crippen molar-refractivity contribution in [3.8, 4) is 0 Å². The van der Waals surface area contributed by atoms with Crippen LogP contribution in [0, 0.1) is 0 Å². The molecule has 0 saturated heterocycles. The molecule has 0 atom stereocenters. The van der Waals surface area contributed by atoms with Crippen molar-refractivity contribution in [3.63, 3.8) is 0 Å². The van der Waals surface area contributed by atoms with E-state index in [4.69, 9.17) is 16.0 Å². The third-order valence-corrected chi connectivity index (χ3v) is 3.40. The highest BCUT2D eigenvalue weighted by Gasteiger charge is 2.11. The Hall–Kier alpha value is -2.06. The summed E-state index contributed by atoms with van der Waals surface area (Å²) in [7, 11) is 0. The summed E-state index contributed by atoms with van der Waals surface area (Å²) in [5.74, 6) is 0.613. The molecule has 1 heterocycles. The Kier molecular flexibility index (Phi) is 2.88. The van der Waals surface area contributed by atoms with Gasteiger partial charge in [0.25, 0.3) is 0 Å². The molecule has 1 aromatic heterocycles. The number of nitrogens with zero attached hydrogens (tertiary/aromatic N) is 1. The van der Waals surface area contributed by atoms with Gasteiger partial charge in [-0.15, -0.1) is 0 Å². The van der Waals surface area contributed by atoms with Crippen molar-refractivity contribution in [1.82, 2.24) is 4.98 Å². The maximum absolute atomic E-state index is 6.19. The van der Waals surface area contributed by atoms with Gasteiger partial charge in [0.1, 0.15) is 5.52 Å². The molecule has 3 aromatic rings. The van der Waals surface area contributed by atoms with E-state index < -0.39 is 0 Å². The van der Waals surface area contributed by atoms with Gasteiger partial charge >= 0.3 is 0 Å². The molecule has 0 radical (unpaired) electrons. The van der Waals surface area contributed by atoms with Crippen LogP contribution in [0.1, 0.15) is 12.8 Å². The monoisotopic (exact) mass is 269 g/mol. The van der Waals surface area contributed by atoms with Crippen LogP contribution in [0.3, 0.4) is 0 Å². The second-order valence-electron chi connectivity index (χ2n) is 4.35. The summed E-state index contributed by atoms with van der Waals surface area (Å²) in [6.07, 6.45) is 3.60. The van der Waals surface area contributed by atoms with Gasteiger partial charge in [-0.3, -0.25) is 0 Å². The van der Waals surface area contributed by atoms with Crippen LogP contribution in [0.5, 0.6) is 0 Å². The fraction of sp³-hybridized carbons (Fsp3) is 0.0625. The minimum Gasteiger partial charge on any atom is -0.436 e. The highest BCUT2D eigenvalue weighted by Crippen LogP contribution is 2.31. The van der Waals surface area contributed by atoms with Crippen LogP contribution in [0.2, 0.25) is 5.02 Å². The maximum Gasteiger partial charge on any atom is 0.222 e. The number of rotatable bonds is 2. The standard InChI is InChI=1S/C16H12ClNO/c1-3-5-10(2)16-18-15-12-6-4-7-13(17)11(12)8-9-14(15)19-16/h3-9H,1H2,2H3/b10-5+. The van der Waals surface area contributed by atoms with E-state index in [1.54, 1.807) is 6.08 Å². The Morgan fingerprint density at radius 1 is 1.26 bits per heavy atom. The Labute approximate surface area is 116 Å². The summed E-state index contributed by atoms with van der Waals surface area (Å²) >= 11 is 6.19. The first-order valence-electron chi connectivity index (χ1n) is 5.98. The Bertz CT molecular complexity index is 814. The first kappa shape index (κ1) is 12.0. The molecule has 0 aliphatic heterocycles. The van der Waals surface area contributed by atoms with Crippen LogP contribution in [-0.2, 0) is 0 Å². The first-order valence-corrected chi connectivity index (χ1v) is 6.36. The summed E-state index contributed by atoms with van der Waals surface area (Å²) in [4.78, 5) is 4.56. The van der Waals surface area contributed by atoms with E-state index in [0.29, 0.717) is 5.89 Å². The molecule has 94 valence electrons. The molecule has 2 nitrogen and oxygen atoms in total. The largest absolute Gasteiger partial charge is 0.436 e. The third-order valence-electron chi connectivity index (χ3n) is 3.07. The number of allylic oxidation sites excluding steroid dienone is 3. The fourth-order valence-corrected chi connectivity index (χ4v) is 2.36. The van der Waals surface area contributed by atoms with Crippen molar-refractivity contribution in [1.29, 1.82) is 0 Å². The van der Waals surface area contributed by atoms with Crippen molar-refractivity contribution in [3.05, 3.63) is 60.0 Å². The van der Waals surface area contributed by atoms with E-state index >= 15 is 0 Å². The van der Waals surface area contributed by atoms with E-state index in [0.717, 1.165) is 32.5 Å². The first-order chi connectivity index (χ1) is 9.20. The lowest BCUT2D eigenvalue weighted by molar-refractivity contribution is 0.584. The van der Waals surface area contributed by atoms with E-state index in [-0.39, 0.29) is 0 Å². The highest BCUT2D eigenvalue weighted by atomic mass is 35.5. The summed E-state index contributed by atoms with van der Waals surface area (Å²) in [6.45, 7) is 5.62. The van der Waals surface area contributed by atoms with Gasteiger partial charge in [0.2, 0.25) is 5.89 Å². The molecular formula is C16H12ClNO. The van der Waals surface area contributed by atoms with Crippen molar-refractivity contribution in [2.45, 2.75) is 6.92 Å². The van der Waals surface area contributed by atoms with Crippen LogP contribution in [0.15, 0.2) is 53.5 Å². The molecule has 0 aliphatic carbocycles. The quantitative estimate of drug-likeness (QED) is 0.596. The second kappa shape index (κ2) is 4.56. The summed E-state index contributed by atoms with van der Waals surface area (Å²) < 4.78 is 5.76. The van der Waals surface area contributed by atoms with Gasteiger partial charge < -0.3 is 4.42 Å². The number of oxazole rings is 1. The SMILES string of the molecule is C=C/C=C(\C)c1nc2c(ccc3c(Cl)cccc32)o1. The van der Waals surface area contributed by atoms with Gasteiger partial charge in [0.15, 0.2) is 5.58 Å². The van der Waals surface area contributed by atoms with Gasteiger partial charge in [-0.25, -0.2) is 4.98 Å². The average Bonchev–Trinajstić information content (AvgIpc) is 2.84. The van der Waals surface area contributed by atoms with Crippen LogP contribution in [-0.4, -0.2) is 4.98 Å². The lowest BCUT2D eigenvalue weighted by atomic mass is 10.1. The molecule has 0 unspecified atom stereocenters. The molecule has 0 spiro atoms. The maximum atomic E-state index is 6.19. The van der Waals surface area contributed by atoms with Gasteiger partial charge in [-0.05, 0) is 25.1 Å². The molecule has 0 fully saturated rings. The second-order valence-corrected chi connectivity index (χ2v) is 4.76. The number of halogens is 1. The van der Waals surface area contributed by atoms with Crippen LogP contribution in [0.4, 0.5) is 0 Å². The van der Waals surface area contributed by atoms with E-state index in [9.17, 15) is 0 Å². The number of hydrogen-bond donors (Lipinski definition) is 0. The lowest BCUT2D eigenvalue weighted by Crippen LogP contribution is -1.79. The zero-order chi connectivity index (χ0) is 13.4. The summed E-state index contributed by atoms with van der Waals surface area (Å²) in [6, 6.07) is 9.66. The summed E-state index contributed by atoms with van der Waals surface area (Å²) in [5.41, 5.74) is 2.55. The molecule has 0 bridgehead atoms. The number of fused-ring (bicyclic) bond motifs is 3. The van der Waals surface area contributed by atoms with Crippen LogP contribution >= 0.6 is 11.6 Å². The van der Waals surface area contributed by atoms with Crippen molar-refractivity contribution in [2.75, 3.05) is 0 Å². The lowest BCUT2D eigenvalue weighted by Gasteiger charge is -1.99. The number of hydrogen-bond acceptors (Lipinski definition) is 2. The van der Waals surface area contributed by atoms with Gasteiger partial charge in [-0.1, -0.05) is 42.5 Å². The molecule has 0 amide bonds. The van der Waals surface area contributed by atoms with Gasteiger partial charge in [0.05, 0.1) is 0 Å². The summed E-state index contributed by atoms with van der Waals surface area (Å²) in [5, 5.41) is 2.72. The molecule has 0 saturated carbocycles. The molecule has 3 rings (SSSR count). The molecular weight excluding hydrogens is 258 g/mol. The molecule has 2 aromatic carbocycles. The van der Waals surface area contributed by atoms with Gasteiger partial charge in [-0.2, -0.15) is 0 Å². The minimum atomic E-state index is 0.613. The van der Waals surface area contributed by atoms with Crippen LogP contribution < -0.4 is 0 Å². The topological polar surface area (TPSA) is 26.0 Å². The van der Waals surface area contributed by atoms with Crippen molar-refractivity contribution >= 4 is 39.0 Å².